The number of hydrogen-bond acceptors (Lipinski definition) is 4. The van der Waals surface area contributed by atoms with Gasteiger partial charge in [0.15, 0.2) is 5.96 Å². The van der Waals surface area contributed by atoms with Gasteiger partial charge in [0.1, 0.15) is 5.75 Å². The molecule has 0 radical (unpaired) electrons. The first-order valence-corrected chi connectivity index (χ1v) is 9.61. The Labute approximate surface area is 158 Å². The summed E-state index contributed by atoms with van der Waals surface area (Å²) < 4.78 is 0. The quantitative estimate of drug-likeness (QED) is 0.325. The molecule has 1 unspecified atom stereocenters. The summed E-state index contributed by atoms with van der Waals surface area (Å²) in [4.78, 5) is 18.0. The van der Waals surface area contributed by atoms with E-state index in [0.29, 0.717) is 25.6 Å². The molecule has 4 N–H and O–H groups in total. The van der Waals surface area contributed by atoms with Crippen LogP contribution in [-0.4, -0.2) is 43.2 Å². The van der Waals surface area contributed by atoms with Gasteiger partial charge in [-0.25, -0.2) is 0 Å². The van der Waals surface area contributed by atoms with Crippen molar-refractivity contribution in [3.63, 3.8) is 0 Å². The zero-order valence-corrected chi connectivity index (χ0v) is 16.0. The number of nitrogens with zero attached hydrogens (tertiary/aromatic N) is 1. The van der Waals surface area contributed by atoms with Crippen LogP contribution in [0.15, 0.2) is 46.8 Å². The lowest BCUT2D eigenvalue weighted by molar-refractivity contribution is 0.0951. The van der Waals surface area contributed by atoms with Gasteiger partial charge >= 0.3 is 0 Å². The fraction of sp³-hybridized carbons (Fsp3) is 0.368. The van der Waals surface area contributed by atoms with Gasteiger partial charge in [-0.3, -0.25) is 9.79 Å². The van der Waals surface area contributed by atoms with Crippen molar-refractivity contribution in [2.75, 3.05) is 26.2 Å². The predicted molar refractivity (Wildman–Crippen MR) is 107 cm³/mol. The number of phenolic OH excluding ortho intramolecular Hbond substituents is 1. The van der Waals surface area contributed by atoms with Gasteiger partial charge in [0.25, 0.3) is 5.91 Å². The molecule has 1 amide bonds. The lowest BCUT2D eigenvalue weighted by atomic mass is 10.1. The average molecular weight is 375 g/mol. The zero-order valence-electron chi connectivity index (χ0n) is 15.2. The van der Waals surface area contributed by atoms with E-state index in [0.717, 1.165) is 12.5 Å². The molecule has 6 nitrogen and oxygen atoms in total. The Bertz CT molecular complexity index is 716. The van der Waals surface area contributed by atoms with Crippen LogP contribution in [-0.2, 0) is 0 Å². The van der Waals surface area contributed by atoms with Crippen LogP contribution in [0.1, 0.15) is 35.0 Å². The summed E-state index contributed by atoms with van der Waals surface area (Å²) in [7, 11) is 0. The average Bonchev–Trinajstić information content (AvgIpc) is 3.18. The minimum absolute atomic E-state index is 0.0181. The van der Waals surface area contributed by atoms with Gasteiger partial charge in [0.05, 0.1) is 12.1 Å². The summed E-state index contributed by atoms with van der Waals surface area (Å²) >= 11 is 1.74. The van der Waals surface area contributed by atoms with Crippen molar-refractivity contribution in [1.29, 1.82) is 0 Å². The third-order valence-corrected chi connectivity index (χ3v) is 4.85. The molecule has 0 aliphatic heterocycles. The Morgan fingerprint density at radius 3 is 2.62 bits per heavy atom. The molecule has 0 saturated heterocycles. The Morgan fingerprint density at radius 1 is 1.15 bits per heavy atom. The first-order chi connectivity index (χ1) is 12.6. The maximum Gasteiger partial charge on any atom is 0.255 e. The fourth-order valence-corrected chi connectivity index (χ4v) is 3.13. The summed E-state index contributed by atoms with van der Waals surface area (Å²) in [6.07, 6.45) is 0. The lowest BCUT2D eigenvalue weighted by Gasteiger charge is -2.13. The third-order valence-electron chi connectivity index (χ3n) is 3.75. The molecule has 0 spiro atoms. The Morgan fingerprint density at radius 2 is 1.92 bits per heavy atom. The number of aliphatic imine (C=N–C) groups is 1. The van der Waals surface area contributed by atoms with Gasteiger partial charge < -0.3 is 21.1 Å². The number of benzene rings is 1. The number of rotatable bonds is 8. The second kappa shape index (κ2) is 10.5. The van der Waals surface area contributed by atoms with Crippen molar-refractivity contribution >= 4 is 23.2 Å². The maximum atomic E-state index is 12.0. The van der Waals surface area contributed by atoms with Gasteiger partial charge in [0, 0.05) is 30.4 Å². The van der Waals surface area contributed by atoms with E-state index in [-0.39, 0.29) is 17.2 Å². The van der Waals surface area contributed by atoms with Crippen LogP contribution in [0.3, 0.4) is 0 Å². The number of aromatic hydroxyl groups is 1. The summed E-state index contributed by atoms with van der Waals surface area (Å²) in [5.74, 6) is 0.785. The molecule has 0 aliphatic carbocycles. The molecular formula is C19H26N4O2S. The Balaban J connectivity index is 1.78. The Hall–Kier alpha value is -2.54. The van der Waals surface area contributed by atoms with E-state index in [9.17, 15) is 9.90 Å². The van der Waals surface area contributed by atoms with Crippen molar-refractivity contribution in [3.05, 3.63) is 52.2 Å². The molecule has 2 aromatic rings. The number of phenols is 1. The topological polar surface area (TPSA) is 85.8 Å². The van der Waals surface area contributed by atoms with Crippen LogP contribution in [0, 0.1) is 0 Å². The van der Waals surface area contributed by atoms with E-state index in [1.807, 2.05) is 6.92 Å². The van der Waals surface area contributed by atoms with E-state index >= 15 is 0 Å². The highest BCUT2D eigenvalue weighted by Gasteiger charge is 2.09. The number of carbonyl (C=O) groups excluding carboxylic acids is 1. The van der Waals surface area contributed by atoms with Crippen LogP contribution in [0.5, 0.6) is 5.75 Å². The van der Waals surface area contributed by atoms with Gasteiger partial charge in [0.2, 0.25) is 0 Å². The van der Waals surface area contributed by atoms with Crippen molar-refractivity contribution in [2.45, 2.75) is 19.8 Å². The van der Waals surface area contributed by atoms with E-state index in [2.05, 4.69) is 45.4 Å². The highest BCUT2D eigenvalue weighted by Crippen LogP contribution is 2.20. The molecule has 0 bridgehead atoms. The van der Waals surface area contributed by atoms with Crippen molar-refractivity contribution in [2.24, 2.45) is 4.99 Å². The summed E-state index contributed by atoms with van der Waals surface area (Å²) in [6.45, 7) is 6.60. The number of hydrogen-bond donors (Lipinski definition) is 4. The normalized spacial score (nSPS) is 12.5. The van der Waals surface area contributed by atoms with Crippen LogP contribution in [0.25, 0.3) is 0 Å². The number of amides is 1. The minimum Gasteiger partial charge on any atom is -0.507 e. The molecule has 0 saturated carbocycles. The second-order valence-electron chi connectivity index (χ2n) is 5.84. The third kappa shape index (κ3) is 6.07. The van der Waals surface area contributed by atoms with E-state index in [4.69, 9.17) is 0 Å². The highest BCUT2D eigenvalue weighted by molar-refractivity contribution is 7.10. The fourth-order valence-electron chi connectivity index (χ4n) is 2.35. The molecule has 7 heteroatoms. The number of nitrogens with one attached hydrogen (secondary N) is 3. The van der Waals surface area contributed by atoms with E-state index < -0.39 is 0 Å². The van der Waals surface area contributed by atoms with Crippen molar-refractivity contribution < 1.29 is 9.90 Å². The van der Waals surface area contributed by atoms with Crippen LogP contribution < -0.4 is 16.0 Å². The monoisotopic (exact) mass is 374 g/mol. The number of carbonyl (C=O) groups is 1. The van der Waals surface area contributed by atoms with Gasteiger partial charge in [-0.15, -0.1) is 11.3 Å². The van der Waals surface area contributed by atoms with Crippen molar-refractivity contribution in [3.8, 4) is 5.75 Å². The molecule has 2 rings (SSSR count). The summed E-state index contributed by atoms with van der Waals surface area (Å²) in [6, 6.07) is 10.7. The first-order valence-electron chi connectivity index (χ1n) is 8.73. The van der Waals surface area contributed by atoms with Crippen LogP contribution >= 0.6 is 11.3 Å². The van der Waals surface area contributed by atoms with E-state index in [1.165, 1.54) is 10.9 Å². The largest absolute Gasteiger partial charge is 0.507 e. The number of para-hydroxylation sites is 1. The number of guanidine groups is 1. The molecule has 0 aliphatic rings. The molecule has 1 aromatic carbocycles. The number of thiophene rings is 1. The van der Waals surface area contributed by atoms with Gasteiger partial charge in [-0.1, -0.05) is 25.1 Å². The zero-order chi connectivity index (χ0) is 18.8. The molecule has 1 atom stereocenters. The smallest absolute Gasteiger partial charge is 0.255 e. The summed E-state index contributed by atoms with van der Waals surface area (Å²) in [5.41, 5.74) is 0.276. The first kappa shape index (κ1) is 19.8. The second-order valence-corrected chi connectivity index (χ2v) is 6.82. The standard InChI is InChI=1S/C19H26N4O2S/c1-3-20-19(23-13-14(2)17-9-6-12-26-17)22-11-10-21-18(25)15-7-4-5-8-16(15)24/h4-9,12,14,24H,3,10-11,13H2,1-2H3,(H,21,25)(H2,20,22,23). The van der Waals surface area contributed by atoms with Gasteiger partial charge in [-0.2, -0.15) is 0 Å². The summed E-state index contributed by atoms with van der Waals surface area (Å²) in [5, 5.41) is 21.0. The molecular weight excluding hydrogens is 348 g/mol. The Kier molecular flexibility index (Phi) is 7.95. The molecule has 140 valence electrons. The van der Waals surface area contributed by atoms with Crippen LogP contribution in [0.4, 0.5) is 0 Å². The van der Waals surface area contributed by atoms with Crippen molar-refractivity contribution in [1.82, 2.24) is 16.0 Å². The lowest BCUT2D eigenvalue weighted by Crippen LogP contribution is -2.41. The van der Waals surface area contributed by atoms with E-state index in [1.54, 1.807) is 29.5 Å². The highest BCUT2D eigenvalue weighted by atomic mass is 32.1. The maximum absolute atomic E-state index is 12.0. The molecule has 1 aromatic heterocycles. The van der Waals surface area contributed by atoms with Gasteiger partial charge in [-0.05, 0) is 30.5 Å². The SMILES string of the molecule is CCNC(=NCC(C)c1cccs1)NCCNC(=O)c1ccccc1O. The van der Waals surface area contributed by atoms with Crippen LogP contribution in [0.2, 0.25) is 0 Å². The molecule has 26 heavy (non-hydrogen) atoms. The molecule has 1 heterocycles. The minimum atomic E-state index is -0.293. The molecule has 0 fully saturated rings. The predicted octanol–water partition coefficient (Wildman–Crippen LogP) is 2.54.